The van der Waals surface area contributed by atoms with Crippen molar-refractivity contribution >= 4 is 17.5 Å². The molecule has 17 heavy (non-hydrogen) atoms. The lowest BCUT2D eigenvalue weighted by molar-refractivity contribution is -0.128. The first-order valence-corrected chi connectivity index (χ1v) is 6.08. The van der Waals surface area contributed by atoms with Gasteiger partial charge in [-0.1, -0.05) is 30.3 Å². The average Bonchev–Trinajstić information content (AvgIpc) is 2.36. The lowest BCUT2D eigenvalue weighted by Gasteiger charge is -2.21. The van der Waals surface area contributed by atoms with Crippen LogP contribution in [0.25, 0.3) is 0 Å². The molecule has 4 heteroatoms. The van der Waals surface area contributed by atoms with Gasteiger partial charge in [-0.25, -0.2) is 0 Å². The van der Waals surface area contributed by atoms with Gasteiger partial charge in [-0.15, -0.1) is 11.6 Å². The first kappa shape index (κ1) is 14.0. The number of nitrogens with one attached hydrogen (secondary N) is 1. The smallest absolute Gasteiger partial charge is 0.226 e. The number of hydrogen-bond donors (Lipinski definition) is 2. The van der Waals surface area contributed by atoms with Crippen molar-refractivity contribution in [2.24, 2.45) is 5.41 Å². The minimum atomic E-state index is -0.689. The van der Waals surface area contributed by atoms with Crippen molar-refractivity contribution in [3.8, 4) is 0 Å². The highest BCUT2D eigenvalue weighted by molar-refractivity contribution is 6.19. The SMILES string of the molecule is CC(C)(CCl)C(=O)NCC(O)c1ccccc1. The van der Waals surface area contributed by atoms with Gasteiger partial charge in [0.15, 0.2) is 0 Å². The van der Waals surface area contributed by atoms with Crippen LogP contribution in [0.1, 0.15) is 25.5 Å². The Kier molecular flexibility index (Phi) is 4.97. The van der Waals surface area contributed by atoms with E-state index in [1.165, 1.54) is 0 Å². The maximum atomic E-state index is 11.7. The summed E-state index contributed by atoms with van der Waals surface area (Å²) in [5.74, 6) is 0.0998. The normalized spacial score (nSPS) is 13.2. The molecule has 0 aromatic heterocycles. The van der Waals surface area contributed by atoms with Crippen LogP contribution < -0.4 is 5.32 Å². The van der Waals surface area contributed by atoms with Crippen LogP contribution in [-0.2, 0) is 4.79 Å². The molecule has 0 aliphatic heterocycles. The van der Waals surface area contributed by atoms with Gasteiger partial charge in [-0.05, 0) is 19.4 Å². The van der Waals surface area contributed by atoms with Crippen molar-refractivity contribution in [2.45, 2.75) is 20.0 Å². The molecule has 1 rings (SSSR count). The number of amides is 1. The Labute approximate surface area is 107 Å². The number of benzene rings is 1. The van der Waals surface area contributed by atoms with E-state index >= 15 is 0 Å². The van der Waals surface area contributed by atoms with Gasteiger partial charge in [0.1, 0.15) is 0 Å². The van der Waals surface area contributed by atoms with Crippen molar-refractivity contribution in [1.29, 1.82) is 0 Å². The molecule has 0 fully saturated rings. The van der Waals surface area contributed by atoms with E-state index in [0.29, 0.717) is 0 Å². The van der Waals surface area contributed by atoms with Crippen molar-refractivity contribution in [3.63, 3.8) is 0 Å². The van der Waals surface area contributed by atoms with Crippen molar-refractivity contribution in [1.82, 2.24) is 5.32 Å². The van der Waals surface area contributed by atoms with E-state index in [1.54, 1.807) is 13.8 Å². The Balaban J connectivity index is 2.49. The Bertz CT molecular complexity index is 365. The van der Waals surface area contributed by atoms with E-state index in [-0.39, 0.29) is 18.3 Å². The lowest BCUT2D eigenvalue weighted by atomic mass is 9.95. The number of halogens is 1. The fourth-order valence-corrected chi connectivity index (χ4v) is 1.40. The number of alkyl halides is 1. The minimum absolute atomic E-state index is 0.150. The number of aliphatic hydroxyl groups excluding tert-OH is 1. The van der Waals surface area contributed by atoms with Crippen LogP contribution in [0.2, 0.25) is 0 Å². The molecule has 0 spiro atoms. The maximum absolute atomic E-state index is 11.7. The molecule has 94 valence electrons. The number of aliphatic hydroxyl groups is 1. The summed E-state index contributed by atoms with van der Waals surface area (Å²) < 4.78 is 0. The highest BCUT2D eigenvalue weighted by Gasteiger charge is 2.26. The first-order valence-electron chi connectivity index (χ1n) is 5.54. The van der Waals surface area contributed by atoms with Crippen molar-refractivity contribution in [2.75, 3.05) is 12.4 Å². The van der Waals surface area contributed by atoms with Gasteiger partial charge in [-0.2, -0.15) is 0 Å². The molecule has 1 atom stereocenters. The molecule has 1 aromatic rings. The predicted molar refractivity (Wildman–Crippen MR) is 68.9 cm³/mol. The highest BCUT2D eigenvalue weighted by atomic mass is 35.5. The molecule has 0 bridgehead atoms. The van der Waals surface area contributed by atoms with E-state index in [0.717, 1.165) is 5.56 Å². The Morgan fingerprint density at radius 2 is 2.00 bits per heavy atom. The summed E-state index contributed by atoms with van der Waals surface area (Å²) in [6, 6.07) is 9.23. The molecular weight excluding hydrogens is 238 g/mol. The van der Waals surface area contributed by atoms with Crippen molar-refractivity contribution in [3.05, 3.63) is 35.9 Å². The van der Waals surface area contributed by atoms with E-state index in [1.807, 2.05) is 30.3 Å². The van der Waals surface area contributed by atoms with Gasteiger partial charge >= 0.3 is 0 Å². The number of carbonyl (C=O) groups excluding carboxylic acids is 1. The van der Waals surface area contributed by atoms with Crippen LogP contribution in [0.5, 0.6) is 0 Å². The largest absolute Gasteiger partial charge is 0.387 e. The topological polar surface area (TPSA) is 49.3 Å². The number of carbonyl (C=O) groups is 1. The molecule has 2 N–H and O–H groups in total. The van der Waals surface area contributed by atoms with Crippen LogP contribution in [0.3, 0.4) is 0 Å². The maximum Gasteiger partial charge on any atom is 0.226 e. The predicted octanol–water partition coefficient (Wildman–Crippen LogP) is 2.10. The molecule has 0 aliphatic carbocycles. The van der Waals surface area contributed by atoms with Crippen molar-refractivity contribution < 1.29 is 9.90 Å². The van der Waals surface area contributed by atoms with Gasteiger partial charge in [0.2, 0.25) is 5.91 Å². The third-order valence-corrected chi connectivity index (χ3v) is 3.26. The second-order valence-electron chi connectivity index (χ2n) is 4.65. The highest BCUT2D eigenvalue weighted by Crippen LogP contribution is 2.17. The van der Waals surface area contributed by atoms with Crippen LogP contribution in [-0.4, -0.2) is 23.4 Å². The lowest BCUT2D eigenvalue weighted by Crippen LogP contribution is -2.40. The summed E-state index contributed by atoms with van der Waals surface area (Å²) in [6.45, 7) is 3.73. The van der Waals surface area contributed by atoms with Gasteiger partial charge < -0.3 is 10.4 Å². The van der Waals surface area contributed by atoms with E-state index in [9.17, 15) is 9.90 Å². The zero-order chi connectivity index (χ0) is 12.9. The number of rotatable bonds is 5. The molecule has 0 radical (unpaired) electrons. The van der Waals surface area contributed by atoms with Crippen LogP contribution in [0.4, 0.5) is 0 Å². The van der Waals surface area contributed by atoms with Gasteiger partial charge in [0.25, 0.3) is 0 Å². The van der Waals surface area contributed by atoms with E-state index in [2.05, 4.69) is 5.32 Å². The zero-order valence-electron chi connectivity index (χ0n) is 10.1. The van der Waals surface area contributed by atoms with Crippen LogP contribution in [0.15, 0.2) is 30.3 Å². The summed E-state index contributed by atoms with van der Waals surface area (Å²) >= 11 is 5.70. The Morgan fingerprint density at radius 3 is 2.53 bits per heavy atom. The molecule has 0 saturated carbocycles. The molecule has 0 heterocycles. The zero-order valence-corrected chi connectivity index (χ0v) is 10.9. The molecule has 0 aliphatic rings. The van der Waals surface area contributed by atoms with Gasteiger partial charge in [0.05, 0.1) is 11.5 Å². The number of hydrogen-bond acceptors (Lipinski definition) is 2. The monoisotopic (exact) mass is 255 g/mol. The van der Waals surface area contributed by atoms with Gasteiger partial charge in [0, 0.05) is 12.4 Å². The standard InChI is InChI=1S/C13H18ClNO2/c1-13(2,9-14)12(17)15-8-11(16)10-6-4-3-5-7-10/h3-7,11,16H,8-9H2,1-2H3,(H,15,17). The van der Waals surface area contributed by atoms with Crippen LogP contribution in [0, 0.1) is 5.41 Å². The summed E-state index contributed by atoms with van der Waals surface area (Å²) in [6.07, 6.45) is -0.689. The molecule has 0 saturated heterocycles. The fourth-order valence-electron chi connectivity index (χ4n) is 1.28. The summed E-state index contributed by atoms with van der Waals surface area (Å²) in [5.41, 5.74) is 0.175. The molecule has 1 unspecified atom stereocenters. The molecule has 1 amide bonds. The third-order valence-electron chi connectivity index (χ3n) is 2.59. The van der Waals surface area contributed by atoms with E-state index < -0.39 is 11.5 Å². The summed E-state index contributed by atoms with van der Waals surface area (Å²) in [5, 5.41) is 12.6. The molecule has 3 nitrogen and oxygen atoms in total. The Morgan fingerprint density at radius 1 is 1.41 bits per heavy atom. The minimum Gasteiger partial charge on any atom is -0.387 e. The second kappa shape index (κ2) is 6.03. The van der Waals surface area contributed by atoms with Crippen LogP contribution >= 0.6 is 11.6 Å². The molecule has 1 aromatic carbocycles. The Hall–Kier alpha value is -1.06. The van der Waals surface area contributed by atoms with E-state index in [4.69, 9.17) is 11.6 Å². The summed E-state index contributed by atoms with van der Waals surface area (Å²) in [4.78, 5) is 11.7. The fraction of sp³-hybridized carbons (Fsp3) is 0.462. The van der Waals surface area contributed by atoms with Gasteiger partial charge in [-0.3, -0.25) is 4.79 Å². The average molecular weight is 256 g/mol. The molecular formula is C13H18ClNO2. The summed E-state index contributed by atoms with van der Waals surface area (Å²) in [7, 11) is 0. The second-order valence-corrected chi connectivity index (χ2v) is 4.92. The third kappa shape index (κ3) is 4.02. The quantitative estimate of drug-likeness (QED) is 0.792. The first-order chi connectivity index (χ1) is 7.97.